The summed E-state index contributed by atoms with van der Waals surface area (Å²) in [6, 6.07) is 3.46. The summed E-state index contributed by atoms with van der Waals surface area (Å²) >= 11 is 0. The van der Waals surface area contributed by atoms with Gasteiger partial charge in [0.05, 0.1) is 24.8 Å². The minimum absolute atomic E-state index is 0.228. The summed E-state index contributed by atoms with van der Waals surface area (Å²) in [5, 5.41) is 35.9. The van der Waals surface area contributed by atoms with Crippen molar-refractivity contribution >= 4 is 34.6 Å². The normalized spacial score (nSPS) is 15.7. The van der Waals surface area contributed by atoms with Crippen LogP contribution in [0.5, 0.6) is 0 Å². The van der Waals surface area contributed by atoms with E-state index in [2.05, 4.69) is 20.9 Å². The fourth-order valence-electron chi connectivity index (χ4n) is 3.19. The number of aliphatic carboxylic acids is 1. The van der Waals surface area contributed by atoms with E-state index in [0.717, 1.165) is 16.5 Å². The molecule has 0 aliphatic rings. The van der Waals surface area contributed by atoms with Gasteiger partial charge in [-0.25, -0.2) is 4.79 Å². The number of hydrogen-bond donors (Lipinski definition) is 8. The molecule has 0 aliphatic heterocycles. The number of nitrogens with two attached hydrogens (primary N) is 1. The molecular formula is C21H29N5O7. The number of aliphatic hydroxyl groups is 2. The number of para-hydroxylation sites is 1. The van der Waals surface area contributed by atoms with Gasteiger partial charge in [-0.3, -0.25) is 14.4 Å². The number of carboxylic acids is 1. The van der Waals surface area contributed by atoms with Crippen LogP contribution in [-0.2, 0) is 25.6 Å². The third-order valence-electron chi connectivity index (χ3n) is 5.00. The third-order valence-corrected chi connectivity index (χ3v) is 5.00. The van der Waals surface area contributed by atoms with Gasteiger partial charge in [-0.05, 0) is 31.9 Å². The van der Waals surface area contributed by atoms with Crippen LogP contribution in [0.15, 0.2) is 30.5 Å². The number of rotatable bonds is 11. The van der Waals surface area contributed by atoms with Crippen molar-refractivity contribution < 1.29 is 34.5 Å². The smallest absolute Gasteiger partial charge is 0.328 e. The van der Waals surface area contributed by atoms with Gasteiger partial charge < -0.3 is 42.0 Å². The maximum Gasteiger partial charge on any atom is 0.328 e. The number of amides is 3. The SMILES string of the molecule is CC(O)C(NC(=O)C(NC(=O)CNC(=O)C(N)Cc1c[nH]c2ccccc12)C(C)O)C(=O)O. The number of aliphatic hydroxyl groups excluding tert-OH is 2. The summed E-state index contributed by atoms with van der Waals surface area (Å²) in [6.07, 6.45) is -0.799. The standard InChI is InChI=1S/C21H29N5O7/c1-10(27)17(20(31)26-18(11(2)28)21(32)33)25-16(29)9-24-19(30)14(22)7-12-8-23-15-6-4-3-5-13(12)15/h3-6,8,10-11,14,17-18,23,27-28H,7,9,22H2,1-2H3,(H,24,30)(H,25,29)(H,26,31)(H,32,33). The molecule has 33 heavy (non-hydrogen) atoms. The largest absolute Gasteiger partial charge is 0.480 e. The van der Waals surface area contributed by atoms with Crippen LogP contribution in [-0.4, -0.2) is 80.9 Å². The highest BCUT2D eigenvalue weighted by molar-refractivity contribution is 5.93. The first-order valence-corrected chi connectivity index (χ1v) is 10.3. The molecule has 3 amide bonds. The fourth-order valence-corrected chi connectivity index (χ4v) is 3.19. The molecule has 5 unspecified atom stereocenters. The Bertz CT molecular complexity index is 1000. The van der Waals surface area contributed by atoms with Gasteiger partial charge in [0, 0.05) is 17.1 Å². The molecule has 0 bridgehead atoms. The minimum Gasteiger partial charge on any atom is -0.480 e. The van der Waals surface area contributed by atoms with Crippen LogP contribution in [0.3, 0.4) is 0 Å². The zero-order valence-electron chi connectivity index (χ0n) is 18.2. The Morgan fingerprint density at radius 3 is 2.24 bits per heavy atom. The molecule has 0 saturated carbocycles. The van der Waals surface area contributed by atoms with Crippen molar-refractivity contribution in [3.05, 3.63) is 36.0 Å². The van der Waals surface area contributed by atoms with Gasteiger partial charge in [0.1, 0.15) is 6.04 Å². The molecule has 2 aromatic rings. The van der Waals surface area contributed by atoms with Crippen LogP contribution in [0.4, 0.5) is 0 Å². The maximum atomic E-state index is 12.3. The van der Waals surface area contributed by atoms with Crippen LogP contribution in [0.25, 0.3) is 10.9 Å². The Morgan fingerprint density at radius 1 is 1.00 bits per heavy atom. The van der Waals surface area contributed by atoms with Gasteiger partial charge in [0.25, 0.3) is 0 Å². The molecule has 0 saturated heterocycles. The molecule has 0 radical (unpaired) electrons. The van der Waals surface area contributed by atoms with Crippen molar-refractivity contribution in [1.82, 2.24) is 20.9 Å². The molecule has 180 valence electrons. The van der Waals surface area contributed by atoms with Gasteiger partial charge >= 0.3 is 5.97 Å². The average Bonchev–Trinajstić information content (AvgIpc) is 3.16. The van der Waals surface area contributed by atoms with Gasteiger partial charge in [0.15, 0.2) is 6.04 Å². The molecule has 0 fully saturated rings. The van der Waals surface area contributed by atoms with E-state index < -0.39 is 60.6 Å². The number of aromatic amines is 1. The predicted octanol–water partition coefficient (Wildman–Crippen LogP) is -2.03. The minimum atomic E-state index is -1.63. The maximum absolute atomic E-state index is 12.3. The van der Waals surface area contributed by atoms with Gasteiger partial charge in [0.2, 0.25) is 17.7 Å². The molecular weight excluding hydrogens is 434 g/mol. The number of H-pyrrole nitrogens is 1. The van der Waals surface area contributed by atoms with E-state index in [1.165, 1.54) is 13.8 Å². The third kappa shape index (κ3) is 7.00. The summed E-state index contributed by atoms with van der Waals surface area (Å²) in [4.78, 5) is 51.0. The van der Waals surface area contributed by atoms with Crippen LogP contribution in [0.2, 0.25) is 0 Å². The Kier molecular flexibility index (Phi) is 8.91. The molecule has 1 aromatic heterocycles. The lowest BCUT2D eigenvalue weighted by molar-refractivity contribution is -0.145. The molecule has 2 rings (SSSR count). The molecule has 1 heterocycles. The number of carbonyl (C=O) groups is 4. The molecule has 0 aliphatic carbocycles. The van der Waals surface area contributed by atoms with Crippen molar-refractivity contribution in [3.63, 3.8) is 0 Å². The average molecular weight is 463 g/mol. The van der Waals surface area contributed by atoms with E-state index in [4.69, 9.17) is 10.8 Å². The van der Waals surface area contributed by atoms with Crippen molar-refractivity contribution in [3.8, 4) is 0 Å². The Labute approximate surface area is 189 Å². The number of carboxylic acid groups (broad SMARTS) is 1. The van der Waals surface area contributed by atoms with E-state index in [1.54, 1.807) is 6.20 Å². The zero-order valence-corrected chi connectivity index (χ0v) is 18.2. The van der Waals surface area contributed by atoms with Crippen molar-refractivity contribution in [2.45, 2.75) is 50.6 Å². The van der Waals surface area contributed by atoms with Crippen LogP contribution < -0.4 is 21.7 Å². The van der Waals surface area contributed by atoms with Crippen molar-refractivity contribution in [2.24, 2.45) is 5.73 Å². The van der Waals surface area contributed by atoms with E-state index in [0.29, 0.717) is 0 Å². The van der Waals surface area contributed by atoms with Crippen LogP contribution >= 0.6 is 0 Å². The predicted molar refractivity (Wildman–Crippen MR) is 118 cm³/mol. The molecule has 9 N–H and O–H groups in total. The lowest BCUT2D eigenvalue weighted by Gasteiger charge is -2.24. The summed E-state index contributed by atoms with van der Waals surface area (Å²) < 4.78 is 0. The summed E-state index contributed by atoms with van der Waals surface area (Å²) in [5.41, 5.74) is 7.70. The lowest BCUT2D eigenvalue weighted by atomic mass is 10.1. The molecule has 5 atom stereocenters. The highest BCUT2D eigenvalue weighted by Gasteiger charge is 2.31. The quantitative estimate of drug-likeness (QED) is 0.186. The molecule has 12 heteroatoms. The first kappa shape index (κ1) is 25.8. The second-order valence-electron chi connectivity index (χ2n) is 7.74. The Morgan fingerprint density at radius 2 is 1.64 bits per heavy atom. The monoisotopic (exact) mass is 463 g/mol. The highest BCUT2D eigenvalue weighted by Crippen LogP contribution is 2.18. The van der Waals surface area contributed by atoms with Crippen LogP contribution in [0, 0.1) is 0 Å². The first-order valence-electron chi connectivity index (χ1n) is 10.3. The van der Waals surface area contributed by atoms with Gasteiger partial charge in [-0.1, -0.05) is 18.2 Å². The fraction of sp³-hybridized carbons (Fsp3) is 0.429. The van der Waals surface area contributed by atoms with E-state index in [1.807, 2.05) is 24.3 Å². The lowest BCUT2D eigenvalue weighted by Crippen LogP contribution is -2.59. The summed E-state index contributed by atoms with van der Waals surface area (Å²) in [7, 11) is 0. The first-order chi connectivity index (χ1) is 15.5. The number of aromatic nitrogens is 1. The summed E-state index contributed by atoms with van der Waals surface area (Å²) in [5.74, 6) is -3.87. The number of nitrogens with one attached hydrogen (secondary N) is 4. The van der Waals surface area contributed by atoms with Gasteiger partial charge in [-0.2, -0.15) is 0 Å². The van der Waals surface area contributed by atoms with Crippen molar-refractivity contribution in [2.75, 3.05) is 6.54 Å². The van der Waals surface area contributed by atoms with Crippen molar-refractivity contribution in [1.29, 1.82) is 0 Å². The van der Waals surface area contributed by atoms with Crippen LogP contribution in [0.1, 0.15) is 19.4 Å². The second kappa shape index (κ2) is 11.4. The molecule has 1 aromatic carbocycles. The number of carbonyl (C=O) groups excluding carboxylic acids is 3. The highest BCUT2D eigenvalue weighted by atomic mass is 16.4. The summed E-state index contributed by atoms with van der Waals surface area (Å²) in [6.45, 7) is 1.87. The van der Waals surface area contributed by atoms with E-state index in [-0.39, 0.29) is 6.42 Å². The Hall–Kier alpha value is -3.48. The number of fused-ring (bicyclic) bond motifs is 1. The second-order valence-corrected chi connectivity index (χ2v) is 7.74. The number of hydrogen-bond acceptors (Lipinski definition) is 7. The topological polar surface area (TPSA) is 207 Å². The van der Waals surface area contributed by atoms with E-state index in [9.17, 15) is 29.4 Å². The number of benzene rings is 1. The molecule has 12 nitrogen and oxygen atoms in total. The van der Waals surface area contributed by atoms with E-state index >= 15 is 0 Å². The van der Waals surface area contributed by atoms with Gasteiger partial charge in [-0.15, -0.1) is 0 Å². The zero-order chi connectivity index (χ0) is 24.7. The molecule has 0 spiro atoms. The Balaban J connectivity index is 1.90.